The number of anilines is 5. The molecule has 5 aromatic rings. The zero-order chi connectivity index (χ0) is 29.6. The summed E-state index contributed by atoms with van der Waals surface area (Å²) in [6, 6.07) is 45.4. The molecule has 0 saturated carbocycles. The summed E-state index contributed by atoms with van der Waals surface area (Å²) in [5, 5.41) is 0. The first-order valence-electron chi connectivity index (χ1n) is 14.8. The predicted molar refractivity (Wildman–Crippen MR) is 186 cm³/mol. The molecule has 2 heteroatoms. The normalized spacial score (nSPS) is 12.6. The van der Waals surface area contributed by atoms with E-state index in [1.165, 1.54) is 22.3 Å². The molecular formula is C41H36N2. The molecule has 0 bridgehead atoms. The minimum atomic E-state index is 0.847. The highest BCUT2D eigenvalue weighted by molar-refractivity contribution is 5.81. The molecule has 0 atom stereocenters. The molecule has 0 N–H and O–H groups in total. The molecule has 1 aliphatic carbocycles. The fourth-order valence-electron chi connectivity index (χ4n) is 5.57. The summed E-state index contributed by atoms with van der Waals surface area (Å²) in [5.74, 6) is 0. The third-order valence-corrected chi connectivity index (χ3v) is 7.74. The van der Waals surface area contributed by atoms with Crippen LogP contribution in [-0.2, 0) is 0 Å². The maximum Gasteiger partial charge on any atom is 0.0464 e. The van der Waals surface area contributed by atoms with Crippen LogP contribution in [0.5, 0.6) is 0 Å². The quantitative estimate of drug-likeness (QED) is 0.188. The fraction of sp³-hybridized carbons (Fsp3) is 0.0732. The minimum absolute atomic E-state index is 0.847. The van der Waals surface area contributed by atoms with E-state index < -0.39 is 0 Å². The summed E-state index contributed by atoms with van der Waals surface area (Å²) in [5.41, 5.74) is 12.8. The van der Waals surface area contributed by atoms with Gasteiger partial charge in [-0.3, -0.25) is 0 Å². The number of para-hydroxylation sites is 1. The van der Waals surface area contributed by atoms with Crippen molar-refractivity contribution < 1.29 is 0 Å². The van der Waals surface area contributed by atoms with Gasteiger partial charge in [0.05, 0.1) is 0 Å². The highest BCUT2D eigenvalue weighted by atomic mass is 15.1. The van der Waals surface area contributed by atoms with Crippen LogP contribution in [0.15, 0.2) is 164 Å². The van der Waals surface area contributed by atoms with Crippen molar-refractivity contribution in [2.24, 2.45) is 0 Å². The lowest BCUT2D eigenvalue weighted by Gasteiger charge is -2.26. The smallest absolute Gasteiger partial charge is 0.0464 e. The first-order valence-corrected chi connectivity index (χ1v) is 14.8. The van der Waals surface area contributed by atoms with Crippen LogP contribution in [0.3, 0.4) is 0 Å². The summed E-state index contributed by atoms with van der Waals surface area (Å²) in [6.45, 7) is 8.19. The van der Waals surface area contributed by atoms with Crippen LogP contribution in [0.4, 0.5) is 28.4 Å². The Morgan fingerprint density at radius 3 is 1.70 bits per heavy atom. The Bertz CT molecular complexity index is 1810. The van der Waals surface area contributed by atoms with E-state index in [1.54, 1.807) is 0 Å². The standard InChI is InChI=1S/C41H36N2/c1-4-33-19-24-38(25-20-33)43(41-18-9-12-32(3)30-41)39-27-22-35(23-28-39)34-13-10-16-37(26-21-34)42(36-14-6-5-7-15-36)40-17-8-11-31(2)29-40/h4-9,11-30H,1,10H2,2-3H3. The van der Waals surface area contributed by atoms with E-state index >= 15 is 0 Å². The van der Waals surface area contributed by atoms with Gasteiger partial charge in [-0.15, -0.1) is 0 Å². The number of hydrogen-bond donors (Lipinski definition) is 0. The Kier molecular flexibility index (Phi) is 8.19. The van der Waals surface area contributed by atoms with Crippen molar-refractivity contribution in [3.63, 3.8) is 0 Å². The Labute approximate surface area is 255 Å². The van der Waals surface area contributed by atoms with E-state index in [4.69, 9.17) is 0 Å². The highest BCUT2D eigenvalue weighted by Crippen LogP contribution is 2.37. The number of nitrogens with zero attached hydrogens (tertiary/aromatic N) is 2. The summed E-state index contributed by atoms with van der Waals surface area (Å²) in [4.78, 5) is 4.64. The second-order valence-electron chi connectivity index (χ2n) is 10.9. The molecule has 0 fully saturated rings. The number of allylic oxidation sites excluding steroid dienone is 5. The van der Waals surface area contributed by atoms with Gasteiger partial charge in [-0.2, -0.15) is 0 Å². The third-order valence-electron chi connectivity index (χ3n) is 7.74. The van der Waals surface area contributed by atoms with Gasteiger partial charge in [0, 0.05) is 34.1 Å². The van der Waals surface area contributed by atoms with Crippen molar-refractivity contribution in [3.8, 4) is 0 Å². The van der Waals surface area contributed by atoms with Crippen LogP contribution < -0.4 is 9.80 Å². The van der Waals surface area contributed by atoms with Crippen molar-refractivity contribution in [2.75, 3.05) is 9.80 Å². The number of benzene rings is 5. The summed E-state index contributed by atoms with van der Waals surface area (Å²) >= 11 is 0. The van der Waals surface area contributed by atoms with E-state index in [-0.39, 0.29) is 0 Å². The van der Waals surface area contributed by atoms with E-state index in [2.05, 4.69) is 182 Å². The van der Waals surface area contributed by atoms with Gasteiger partial charge in [-0.05, 0) is 115 Å². The number of rotatable bonds is 8. The lowest BCUT2D eigenvalue weighted by atomic mass is 10.0. The summed E-state index contributed by atoms with van der Waals surface area (Å²) in [6.07, 6.45) is 11.8. The molecule has 0 spiro atoms. The maximum atomic E-state index is 3.91. The molecule has 5 aromatic carbocycles. The second kappa shape index (κ2) is 12.7. The van der Waals surface area contributed by atoms with Crippen LogP contribution in [0.25, 0.3) is 11.6 Å². The Balaban J connectivity index is 1.30. The van der Waals surface area contributed by atoms with Crippen LogP contribution in [0.2, 0.25) is 0 Å². The molecule has 6 rings (SSSR count). The minimum Gasteiger partial charge on any atom is -0.311 e. The Morgan fingerprint density at radius 2 is 1.09 bits per heavy atom. The van der Waals surface area contributed by atoms with Crippen molar-refractivity contribution in [2.45, 2.75) is 20.3 Å². The molecule has 0 amide bonds. The van der Waals surface area contributed by atoms with E-state index in [0.29, 0.717) is 0 Å². The largest absolute Gasteiger partial charge is 0.311 e. The molecule has 0 unspecified atom stereocenters. The predicted octanol–water partition coefficient (Wildman–Crippen LogP) is 11.5. The average molecular weight is 557 g/mol. The Hall–Kier alpha value is -5.34. The highest BCUT2D eigenvalue weighted by Gasteiger charge is 2.16. The summed E-state index contributed by atoms with van der Waals surface area (Å²) < 4.78 is 0. The third kappa shape index (κ3) is 6.29. The molecule has 2 nitrogen and oxygen atoms in total. The number of hydrogen-bond acceptors (Lipinski definition) is 2. The van der Waals surface area contributed by atoms with Crippen molar-refractivity contribution >= 4 is 40.1 Å². The average Bonchev–Trinajstić information content (AvgIpc) is 3.29. The Morgan fingerprint density at radius 1 is 0.535 bits per heavy atom. The molecule has 1 aliphatic rings. The number of aryl methyl sites for hydroxylation is 2. The van der Waals surface area contributed by atoms with E-state index in [0.717, 1.165) is 46.1 Å². The molecular weight excluding hydrogens is 520 g/mol. The molecule has 0 aliphatic heterocycles. The van der Waals surface area contributed by atoms with Gasteiger partial charge < -0.3 is 9.80 Å². The van der Waals surface area contributed by atoms with Crippen LogP contribution in [-0.4, -0.2) is 0 Å². The van der Waals surface area contributed by atoms with Crippen molar-refractivity contribution in [1.29, 1.82) is 0 Å². The topological polar surface area (TPSA) is 6.48 Å². The van der Waals surface area contributed by atoms with Gasteiger partial charge in [0.25, 0.3) is 0 Å². The van der Waals surface area contributed by atoms with Crippen molar-refractivity contribution in [1.82, 2.24) is 0 Å². The van der Waals surface area contributed by atoms with Gasteiger partial charge in [0.15, 0.2) is 0 Å². The van der Waals surface area contributed by atoms with Crippen LogP contribution in [0.1, 0.15) is 28.7 Å². The van der Waals surface area contributed by atoms with E-state index in [9.17, 15) is 0 Å². The van der Waals surface area contributed by atoms with Crippen molar-refractivity contribution in [3.05, 3.63) is 186 Å². The van der Waals surface area contributed by atoms with Gasteiger partial charge in [0.2, 0.25) is 0 Å². The van der Waals surface area contributed by atoms with Crippen LogP contribution >= 0.6 is 0 Å². The monoisotopic (exact) mass is 556 g/mol. The van der Waals surface area contributed by atoms with Gasteiger partial charge in [-0.25, -0.2) is 0 Å². The SMILES string of the molecule is C=Cc1ccc(N(c2ccc(C3=CCC=C(N(c4ccccc4)c4cccc(C)c4)C=C3)cc2)c2cccc(C)c2)cc1. The zero-order valence-corrected chi connectivity index (χ0v) is 24.8. The molecule has 0 saturated heterocycles. The lowest BCUT2D eigenvalue weighted by Crippen LogP contribution is -2.15. The molecule has 0 radical (unpaired) electrons. The first-order chi connectivity index (χ1) is 21.1. The molecule has 0 aromatic heterocycles. The van der Waals surface area contributed by atoms with Gasteiger partial charge in [-0.1, -0.05) is 97.6 Å². The molecule has 0 heterocycles. The lowest BCUT2D eigenvalue weighted by molar-refractivity contribution is 1.18. The zero-order valence-electron chi connectivity index (χ0n) is 24.8. The molecule has 43 heavy (non-hydrogen) atoms. The maximum absolute atomic E-state index is 3.91. The van der Waals surface area contributed by atoms with E-state index in [1.807, 2.05) is 6.08 Å². The second-order valence-corrected chi connectivity index (χ2v) is 10.9. The van der Waals surface area contributed by atoms with Crippen LogP contribution in [0, 0.1) is 13.8 Å². The van der Waals surface area contributed by atoms with Gasteiger partial charge >= 0.3 is 0 Å². The fourth-order valence-corrected chi connectivity index (χ4v) is 5.57. The molecule has 210 valence electrons. The first kappa shape index (κ1) is 27.8. The van der Waals surface area contributed by atoms with Gasteiger partial charge in [0.1, 0.15) is 0 Å². The summed E-state index contributed by atoms with van der Waals surface area (Å²) in [7, 11) is 0.